The molecule has 0 aromatic rings. The van der Waals surface area contributed by atoms with Crippen molar-refractivity contribution in [3.05, 3.63) is 0 Å². The van der Waals surface area contributed by atoms with E-state index >= 15 is 0 Å². The average Bonchev–Trinajstić information content (AvgIpc) is 3.37. The van der Waals surface area contributed by atoms with Crippen LogP contribution in [0.5, 0.6) is 0 Å². The molecule has 0 aliphatic heterocycles. The zero-order chi connectivity index (χ0) is 54.6. The van der Waals surface area contributed by atoms with Gasteiger partial charge in [0, 0.05) is 0 Å². The molecular formula is C64H130CaO8S2. The summed E-state index contributed by atoms with van der Waals surface area (Å²) in [6.45, 7) is 9.20. The third-order valence-corrected chi connectivity index (χ3v) is 16.6. The maximum atomic E-state index is 10.9. The Morgan fingerprint density at radius 2 is 0.360 bits per heavy atom. The molecule has 448 valence electrons. The minimum absolute atomic E-state index is 0. The van der Waals surface area contributed by atoms with E-state index in [1.807, 2.05) is 0 Å². The van der Waals surface area contributed by atoms with Crippen molar-refractivity contribution in [1.82, 2.24) is 0 Å². The van der Waals surface area contributed by atoms with Crippen LogP contribution in [0.15, 0.2) is 0 Å². The van der Waals surface area contributed by atoms with Crippen molar-refractivity contribution in [2.24, 2.45) is 11.8 Å². The molecule has 0 radical (unpaired) electrons. The molecule has 0 spiro atoms. The van der Waals surface area contributed by atoms with Gasteiger partial charge >= 0.3 is 37.7 Å². The molecule has 0 amide bonds. The van der Waals surface area contributed by atoms with Crippen molar-refractivity contribution in [3.8, 4) is 0 Å². The van der Waals surface area contributed by atoms with Crippen molar-refractivity contribution >= 4 is 58.5 Å². The molecule has 0 aliphatic carbocycles. The van der Waals surface area contributed by atoms with E-state index in [1.54, 1.807) is 0 Å². The smallest absolute Gasteiger partial charge is 0.726 e. The molecule has 75 heavy (non-hydrogen) atoms. The minimum atomic E-state index is -4.58. The van der Waals surface area contributed by atoms with Crippen LogP contribution in [-0.4, -0.2) is 76.9 Å². The van der Waals surface area contributed by atoms with E-state index in [4.69, 9.17) is 0 Å². The quantitative estimate of drug-likeness (QED) is 0.0254. The molecule has 2 atom stereocenters. The molecule has 11 heteroatoms. The molecule has 0 saturated heterocycles. The van der Waals surface area contributed by atoms with Crippen LogP contribution in [0.1, 0.15) is 387 Å². The minimum Gasteiger partial charge on any atom is -0.726 e. The fourth-order valence-corrected chi connectivity index (χ4v) is 11.5. The van der Waals surface area contributed by atoms with E-state index in [0.717, 1.165) is 51.4 Å². The Balaban J connectivity index is -0.00000136. The second kappa shape index (κ2) is 65.8. The molecular weight excluding hydrogens is 1000 g/mol. The number of hydrogen-bond donors (Lipinski definition) is 0. The Kier molecular flexibility index (Phi) is 70.4. The van der Waals surface area contributed by atoms with Crippen molar-refractivity contribution in [3.63, 3.8) is 0 Å². The first-order valence-electron chi connectivity index (χ1n) is 33.2. The van der Waals surface area contributed by atoms with Crippen molar-refractivity contribution in [2.45, 2.75) is 387 Å². The van der Waals surface area contributed by atoms with Gasteiger partial charge in [0.1, 0.15) is 0 Å². The number of hydrogen-bond acceptors (Lipinski definition) is 8. The Morgan fingerprint density at radius 3 is 0.480 bits per heavy atom. The van der Waals surface area contributed by atoms with Gasteiger partial charge in [-0.05, 0) is 37.5 Å². The molecule has 0 aromatic heterocycles. The first kappa shape index (κ1) is 80.2. The van der Waals surface area contributed by atoms with Crippen molar-refractivity contribution in [1.29, 1.82) is 0 Å². The Bertz CT molecular complexity index is 1170. The summed E-state index contributed by atoms with van der Waals surface area (Å²) in [5, 5.41) is 0. The second-order valence-corrected chi connectivity index (χ2v) is 25.3. The summed E-state index contributed by atoms with van der Waals surface area (Å²) >= 11 is 0. The molecule has 0 aromatic carbocycles. The van der Waals surface area contributed by atoms with Gasteiger partial charge in [0.25, 0.3) is 0 Å². The molecule has 2 unspecified atom stereocenters. The third-order valence-electron chi connectivity index (χ3n) is 15.8. The summed E-state index contributed by atoms with van der Waals surface area (Å²) in [4.78, 5) is 0. The Hall–Kier alpha value is 1.000. The fourth-order valence-electron chi connectivity index (χ4n) is 10.8. The normalized spacial score (nSPS) is 12.7. The van der Waals surface area contributed by atoms with Gasteiger partial charge < -0.3 is 9.11 Å². The van der Waals surface area contributed by atoms with Gasteiger partial charge in [0.15, 0.2) is 0 Å². The number of rotatable bonds is 62. The van der Waals surface area contributed by atoms with E-state index in [2.05, 4.69) is 36.1 Å². The topological polar surface area (TPSA) is 133 Å². The van der Waals surface area contributed by atoms with Crippen molar-refractivity contribution < 1.29 is 34.3 Å². The Labute approximate surface area is 501 Å². The molecule has 0 heterocycles. The predicted molar refractivity (Wildman–Crippen MR) is 325 cm³/mol. The van der Waals surface area contributed by atoms with Gasteiger partial charge in [-0.3, -0.25) is 8.37 Å². The van der Waals surface area contributed by atoms with Crippen LogP contribution in [0.4, 0.5) is 0 Å². The van der Waals surface area contributed by atoms with Crippen LogP contribution in [0, 0.1) is 11.8 Å². The summed E-state index contributed by atoms with van der Waals surface area (Å²) in [6, 6.07) is 0. The number of unbranched alkanes of at least 4 members (excludes halogenated alkanes) is 48. The maximum absolute atomic E-state index is 10.9. The summed E-state index contributed by atoms with van der Waals surface area (Å²) in [5.41, 5.74) is 0. The van der Waals surface area contributed by atoms with E-state index in [1.165, 1.54) is 308 Å². The van der Waals surface area contributed by atoms with Crippen LogP contribution in [0.3, 0.4) is 0 Å². The molecule has 0 fully saturated rings. The molecule has 0 bridgehead atoms. The van der Waals surface area contributed by atoms with Crippen LogP contribution >= 0.6 is 0 Å². The van der Waals surface area contributed by atoms with Gasteiger partial charge in [-0.15, -0.1) is 0 Å². The first-order valence-corrected chi connectivity index (χ1v) is 35.9. The fraction of sp³-hybridized carbons (Fsp3) is 1.00. The van der Waals surface area contributed by atoms with E-state index in [0.29, 0.717) is 0 Å². The molecule has 0 aliphatic rings. The summed E-state index contributed by atoms with van der Waals surface area (Å²) in [6.07, 6.45) is 73.3. The van der Waals surface area contributed by atoms with Crippen LogP contribution in [0.2, 0.25) is 0 Å². The third kappa shape index (κ3) is 75.0. The molecule has 0 saturated carbocycles. The van der Waals surface area contributed by atoms with Crippen LogP contribution < -0.4 is 0 Å². The summed E-state index contributed by atoms with van der Waals surface area (Å²) in [5.74, 6) is 0.397. The summed E-state index contributed by atoms with van der Waals surface area (Å²) < 4.78 is 74.7. The second-order valence-electron chi connectivity index (χ2n) is 23.2. The monoisotopic (exact) mass is 1130 g/mol. The van der Waals surface area contributed by atoms with Crippen LogP contribution in [0.25, 0.3) is 0 Å². The van der Waals surface area contributed by atoms with E-state index in [-0.39, 0.29) is 62.8 Å². The molecule has 0 N–H and O–H groups in total. The molecule has 8 nitrogen and oxygen atoms in total. The summed E-state index contributed by atoms with van der Waals surface area (Å²) in [7, 11) is -9.16. The zero-order valence-corrected chi connectivity index (χ0v) is 54.8. The van der Waals surface area contributed by atoms with Crippen LogP contribution in [-0.2, 0) is 29.2 Å². The Morgan fingerprint density at radius 1 is 0.240 bits per heavy atom. The largest absolute Gasteiger partial charge is 2.00 e. The zero-order valence-electron chi connectivity index (χ0n) is 51.0. The van der Waals surface area contributed by atoms with Gasteiger partial charge in [0.05, 0.1) is 13.2 Å². The van der Waals surface area contributed by atoms with Gasteiger partial charge in [-0.25, -0.2) is 16.8 Å². The van der Waals surface area contributed by atoms with Gasteiger partial charge in [-0.1, -0.05) is 362 Å². The maximum Gasteiger partial charge on any atom is 2.00 e. The van der Waals surface area contributed by atoms with Crippen molar-refractivity contribution in [2.75, 3.05) is 13.2 Å². The van der Waals surface area contributed by atoms with E-state index in [9.17, 15) is 25.9 Å². The first-order chi connectivity index (χ1) is 36.0. The average molecular weight is 1130 g/mol. The van der Waals surface area contributed by atoms with E-state index < -0.39 is 20.8 Å². The predicted octanol–water partition coefficient (Wildman–Crippen LogP) is 21.7. The van der Waals surface area contributed by atoms with Gasteiger partial charge in [0.2, 0.25) is 20.8 Å². The SMILES string of the molecule is CCCCCCCCCCCCCCCCCCCC(CCCCCCCCCCC)COS(=O)(=O)[O-].CCCCCCCCCCCCCCCCCCCC(CCCCCCCCCCC)COS(=O)(=O)[O-].[Ca+2]. The standard InChI is InChI=1S/2C32H66O4S.Ca/c2*1-3-5-7-9-11-13-14-15-16-17-18-19-20-22-24-26-28-30-32(31-36-37(33,34)35)29-27-25-23-21-12-10-8-6-4-2;/h2*32H,3-31H2,1-2H3,(H,33,34,35);/q;;+2/p-2. The molecule has 0 rings (SSSR count). The van der Waals surface area contributed by atoms with Gasteiger partial charge in [-0.2, -0.15) is 0 Å².